The normalized spacial score (nSPS) is 14.6. The molecule has 0 bridgehead atoms. The van der Waals surface area contributed by atoms with Crippen molar-refractivity contribution in [3.8, 4) is 0 Å². The molecular weight excluding hydrogens is 502 g/mol. The molecule has 3 aromatic carbocycles. The van der Waals surface area contributed by atoms with Crippen molar-refractivity contribution in [2.45, 2.75) is 43.7 Å². The largest absolute Gasteiger partial charge is 0.354 e. The van der Waals surface area contributed by atoms with Gasteiger partial charge in [-0.3, -0.25) is 14.4 Å². The summed E-state index contributed by atoms with van der Waals surface area (Å²) in [6.45, 7) is 2.27. The molecule has 1 atom stereocenters. The van der Waals surface area contributed by atoms with E-state index in [2.05, 4.69) is 5.32 Å². The lowest BCUT2D eigenvalue weighted by Gasteiger charge is -2.32. The summed E-state index contributed by atoms with van der Waals surface area (Å²) in [7, 11) is -4.04. The van der Waals surface area contributed by atoms with Gasteiger partial charge in [0.2, 0.25) is 11.8 Å². The predicted octanol–water partition coefficient (Wildman–Crippen LogP) is 3.39. The van der Waals surface area contributed by atoms with E-state index in [0.717, 1.165) is 21.9 Å². The highest BCUT2D eigenvalue weighted by molar-refractivity contribution is 7.90. The van der Waals surface area contributed by atoms with E-state index in [1.54, 1.807) is 12.1 Å². The van der Waals surface area contributed by atoms with E-state index in [9.17, 15) is 22.8 Å². The predicted molar refractivity (Wildman–Crippen MR) is 144 cm³/mol. The highest BCUT2D eigenvalue weighted by atomic mass is 32.2. The average molecular weight is 534 g/mol. The summed E-state index contributed by atoms with van der Waals surface area (Å²) in [5, 5.41) is 2.91. The Kier molecular flexibility index (Phi) is 8.58. The molecule has 1 aliphatic heterocycles. The standard InChI is InChI=1S/C29H31N3O5S/c1-2-18-30-28(34)25(20-22-11-5-3-6-12-22)31(21-23-13-7-4-8-14-23)27(33)17-19-32-29(35)24-15-9-10-16-26(24)38(32,36)37/h3-16,25H,2,17-21H2,1H3,(H,30,34)/t25-/m1/s1. The van der Waals surface area contributed by atoms with E-state index in [1.807, 2.05) is 67.6 Å². The van der Waals surface area contributed by atoms with Crippen LogP contribution >= 0.6 is 0 Å². The van der Waals surface area contributed by atoms with E-state index in [4.69, 9.17) is 0 Å². The van der Waals surface area contributed by atoms with Gasteiger partial charge >= 0.3 is 0 Å². The molecule has 4 rings (SSSR count). The molecule has 0 unspecified atom stereocenters. The van der Waals surface area contributed by atoms with Crippen LogP contribution in [-0.4, -0.2) is 54.5 Å². The van der Waals surface area contributed by atoms with Gasteiger partial charge in [-0.1, -0.05) is 79.7 Å². The molecule has 198 valence electrons. The van der Waals surface area contributed by atoms with E-state index < -0.39 is 27.9 Å². The molecule has 0 saturated heterocycles. The van der Waals surface area contributed by atoms with Gasteiger partial charge in [0, 0.05) is 32.5 Å². The summed E-state index contributed by atoms with van der Waals surface area (Å²) < 4.78 is 26.7. The first-order valence-corrected chi connectivity index (χ1v) is 14.1. The second kappa shape index (κ2) is 12.0. The molecule has 38 heavy (non-hydrogen) atoms. The fourth-order valence-electron chi connectivity index (χ4n) is 4.49. The Morgan fingerprint density at radius 1 is 0.895 bits per heavy atom. The molecule has 0 aromatic heterocycles. The SMILES string of the molecule is CCCNC(=O)[C@@H](Cc1ccccc1)N(Cc1ccccc1)C(=O)CCN1C(=O)c2ccccc2S1(=O)=O. The van der Waals surface area contributed by atoms with Crippen molar-refractivity contribution in [2.75, 3.05) is 13.1 Å². The summed E-state index contributed by atoms with van der Waals surface area (Å²) in [5.74, 6) is -1.35. The summed E-state index contributed by atoms with van der Waals surface area (Å²) in [4.78, 5) is 41.3. The van der Waals surface area contributed by atoms with Crippen molar-refractivity contribution in [1.82, 2.24) is 14.5 Å². The molecule has 0 radical (unpaired) electrons. The van der Waals surface area contributed by atoms with Crippen molar-refractivity contribution in [1.29, 1.82) is 0 Å². The summed E-state index contributed by atoms with van der Waals surface area (Å²) in [5.41, 5.74) is 1.82. The van der Waals surface area contributed by atoms with Gasteiger partial charge in [-0.2, -0.15) is 0 Å². The Bertz CT molecular complexity index is 1390. The van der Waals surface area contributed by atoms with Crippen molar-refractivity contribution >= 4 is 27.7 Å². The molecule has 1 heterocycles. The van der Waals surface area contributed by atoms with Crippen molar-refractivity contribution in [2.24, 2.45) is 0 Å². The number of carbonyl (C=O) groups is 3. The first-order valence-electron chi connectivity index (χ1n) is 12.6. The van der Waals surface area contributed by atoms with Crippen molar-refractivity contribution in [3.63, 3.8) is 0 Å². The van der Waals surface area contributed by atoms with E-state index in [1.165, 1.54) is 17.0 Å². The van der Waals surface area contributed by atoms with Gasteiger partial charge in [0.15, 0.2) is 0 Å². The number of amides is 3. The van der Waals surface area contributed by atoms with E-state index in [-0.39, 0.29) is 35.9 Å². The van der Waals surface area contributed by atoms with Crippen molar-refractivity contribution < 1.29 is 22.8 Å². The van der Waals surface area contributed by atoms with Gasteiger partial charge in [-0.05, 0) is 29.7 Å². The van der Waals surface area contributed by atoms with E-state index >= 15 is 0 Å². The number of benzene rings is 3. The number of nitrogens with one attached hydrogen (secondary N) is 1. The smallest absolute Gasteiger partial charge is 0.269 e. The Balaban J connectivity index is 1.61. The fourth-order valence-corrected chi connectivity index (χ4v) is 6.06. The van der Waals surface area contributed by atoms with Crippen LogP contribution in [0.2, 0.25) is 0 Å². The second-order valence-electron chi connectivity index (χ2n) is 9.13. The Morgan fingerprint density at radius 2 is 1.50 bits per heavy atom. The number of nitrogens with zero attached hydrogens (tertiary/aromatic N) is 2. The first-order chi connectivity index (χ1) is 18.3. The lowest BCUT2D eigenvalue weighted by atomic mass is 10.0. The number of carbonyl (C=O) groups excluding carboxylic acids is 3. The maximum Gasteiger partial charge on any atom is 0.269 e. The van der Waals surface area contributed by atoms with Crippen LogP contribution in [0.25, 0.3) is 0 Å². The highest BCUT2D eigenvalue weighted by Crippen LogP contribution is 2.30. The Morgan fingerprint density at radius 3 is 2.13 bits per heavy atom. The zero-order valence-corrected chi connectivity index (χ0v) is 22.1. The summed E-state index contributed by atoms with van der Waals surface area (Å²) >= 11 is 0. The lowest BCUT2D eigenvalue weighted by molar-refractivity contribution is -0.141. The molecule has 8 nitrogen and oxygen atoms in total. The van der Waals surface area contributed by atoms with Crippen LogP contribution in [0.5, 0.6) is 0 Å². The highest BCUT2D eigenvalue weighted by Gasteiger charge is 2.41. The minimum Gasteiger partial charge on any atom is -0.354 e. The Hall–Kier alpha value is -3.98. The fraction of sp³-hybridized carbons (Fsp3) is 0.276. The number of hydrogen-bond donors (Lipinski definition) is 1. The van der Waals surface area contributed by atoms with Crippen LogP contribution in [0.4, 0.5) is 0 Å². The minimum atomic E-state index is -4.04. The zero-order chi connectivity index (χ0) is 27.1. The van der Waals surface area contributed by atoms with Gasteiger partial charge in [-0.15, -0.1) is 0 Å². The molecule has 3 aromatic rings. The van der Waals surface area contributed by atoms with Gasteiger partial charge in [0.05, 0.1) is 5.56 Å². The second-order valence-corrected chi connectivity index (χ2v) is 11.0. The quantitative estimate of drug-likeness (QED) is 0.407. The van der Waals surface area contributed by atoms with Gasteiger partial charge < -0.3 is 10.2 Å². The molecule has 0 aliphatic carbocycles. The van der Waals surface area contributed by atoms with Crippen LogP contribution in [0, 0.1) is 0 Å². The number of hydrogen-bond acceptors (Lipinski definition) is 5. The first kappa shape index (κ1) is 27.1. The number of sulfonamides is 1. The molecule has 0 saturated carbocycles. The maximum absolute atomic E-state index is 13.7. The average Bonchev–Trinajstić information content (AvgIpc) is 3.13. The Labute approximate surface area is 223 Å². The number of fused-ring (bicyclic) bond motifs is 1. The lowest BCUT2D eigenvalue weighted by Crippen LogP contribution is -2.51. The van der Waals surface area contributed by atoms with Crippen LogP contribution in [0.15, 0.2) is 89.8 Å². The topological polar surface area (TPSA) is 104 Å². The maximum atomic E-state index is 13.7. The van der Waals surface area contributed by atoms with Gasteiger partial charge in [0.25, 0.3) is 15.9 Å². The van der Waals surface area contributed by atoms with Crippen LogP contribution in [0.1, 0.15) is 41.3 Å². The summed E-state index contributed by atoms with van der Waals surface area (Å²) in [6, 6.07) is 24.0. The number of rotatable bonds is 11. The van der Waals surface area contributed by atoms with Crippen molar-refractivity contribution in [3.05, 3.63) is 102 Å². The molecule has 1 aliphatic rings. The molecular formula is C29H31N3O5S. The van der Waals surface area contributed by atoms with Gasteiger partial charge in [0.1, 0.15) is 10.9 Å². The summed E-state index contributed by atoms with van der Waals surface area (Å²) in [6.07, 6.45) is 0.783. The van der Waals surface area contributed by atoms with Gasteiger partial charge in [-0.25, -0.2) is 12.7 Å². The van der Waals surface area contributed by atoms with Crippen LogP contribution < -0.4 is 5.32 Å². The third-order valence-electron chi connectivity index (χ3n) is 6.46. The molecule has 1 N–H and O–H groups in total. The zero-order valence-electron chi connectivity index (χ0n) is 21.2. The molecule has 0 fully saturated rings. The minimum absolute atomic E-state index is 0.0560. The third kappa shape index (κ3) is 5.94. The molecule has 3 amide bonds. The van der Waals surface area contributed by atoms with Crippen LogP contribution in [-0.2, 0) is 32.6 Å². The molecule has 9 heteroatoms. The van der Waals surface area contributed by atoms with Crippen LogP contribution in [0.3, 0.4) is 0 Å². The molecule has 0 spiro atoms. The monoisotopic (exact) mass is 533 g/mol. The third-order valence-corrected chi connectivity index (χ3v) is 8.30. The van der Waals surface area contributed by atoms with E-state index in [0.29, 0.717) is 13.0 Å².